The van der Waals surface area contributed by atoms with Gasteiger partial charge in [0.15, 0.2) is 11.5 Å². The number of amides is 1. The van der Waals surface area contributed by atoms with Crippen LogP contribution in [0.4, 0.5) is 5.69 Å². The molecule has 5 rings (SSSR count). The third kappa shape index (κ3) is 3.99. The lowest BCUT2D eigenvalue weighted by Crippen LogP contribution is -2.29. The summed E-state index contributed by atoms with van der Waals surface area (Å²) in [6, 6.07) is 18.7. The fraction of sp³-hybridized carbons (Fsp3) is 0.214. The minimum absolute atomic E-state index is 0.0190. The molecule has 3 aromatic carbocycles. The van der Waals surface area contributed by atoms with Crippen molar-refractivity contribution in [2.75, 3.05) is 18.3 Å². The van der Waals surface area contributed by atoms with Gasteiger partial charge in [0, 0.05) is 17.3 Å². The molecule has 0 saturated carbocycles. The van der Waals surface area contributed by atoms with Crippen LogP contribution in [-0.4, -0.2) is 30.2 Å². The average molecular weight is 472 g/mol. The number of aliphatic hydroxyl groups excluding tert-OH is 1. The minimum atomic E-state index is -0.860. The van der Waals surface area contributed by atoms with E-state index in [0.29, 0.717) is 40.7 Å². The molecule has 0 aromatic heterocycles. The molecule has 35 heavy (non-hydrogen) atoms. The number of rotatable bonds is 6. The van der Waals surface area contributed by atoms with E-state index in [9.17, 15) is 14.7 Å². The van der Waals surface area contributed by atoms with Crippen LogP contribution in [-0.2, 0) is 16.0 Å². The van der Waals surface area contributed by atoms with Gasteiger partial charge >= 0.3 is 0 Å². The molecule has 1 amide bonds. The second kappa shape index (κ2) is 9.18. The first kappa shape index (κ1) is 22.5. The number of hydrogen-bond donors (Lipinski definition) is 1. The van der Waals surface area contributed by atoms with Crippen LogP contribution in [0.25, 0.3) is 5.76 Å². The van der Waals surface area contributed by atoms with Crippen molar-refractivity contribution in [3.63, 3.8) is 0 Å². The number of ketones is 1. The summed E-state index contributed by atoms with van der Waals surface area (Å²) in [6.45, 7) is 4.48. The quantitative estimate of drug-likeness (QED) is 0.309. The zero-order chi connectivity index (χ0) is 24.5. The average Bonchev–Trinajstić information content (AvgIpc) is 3.46. The molecule has 0 aliphatic carbocycles. The lowest BCUT2D eigenvalue weighted by Gasteiger charge is -2.26. The van der Waals surface area contributed by atoms with Crippen molar-refractivity contribution < 1.29 is 28.9 Å². The Kier molecular flexibility index (Phi) is 5.91. The van der Waals surface area contributed by atoms with Gasteiger partial charge in [-0.3, -0.25) is 14.5 Å². The SMILES string of the molecule is CCOc1cccc(C2/C(=C(\O)c3ccc(CC)cc3)C(=O)C(=O)N2c2ccc3c(c2)OCO3)c1. The molecule has 1 saturated heterocycles. The zero-order valence-electron chi connectivity index (χ0n) is 19.5. The van der Waals surface area contributed by atoms with E-state index in [1.54, 1.807) is 42.5 Å². The Bertz CT molecular complexity index is 1330. The molecule has 7 heteroatoms. The van der Waals surface area contributed by atoms with E-state index in [1.165, 1.54) is 4.90 Å². The summed E-state index contributed by atoms with van der Waals surface area (Å²) in [5.41, 5.74) is 2.69. The van der Waals surface area contributed by atoms with Crippen LogP contribution in [0.3, 0.4) is 0 Å². The number of benzene rings is 3. The Labute approximate surface area is 203 Å². The number of carbonyl (C=O) groups is 2. The third-order valence-corrected chi connectivity index (χ3v) is 6.20. The van der Waals surface area contributed by atoms with Crippen molar-refractivity contribution in [3.05, 3.63) is 89.0 Å². The molecular formula is C28H25NO6. The Hall–Kier alpha value is -4.26. The van der Waals surface area contributed by atoms with Crippen molar-refractivity contribution in [2.45, 2.75) is 26.3 Å². The van der Waals surface area contributed by atoms with Gasteiger partial charge < -0.3 is 19.3 Å². The molecule has 0 radical (unpaired) electrons. The molecule has 0 bridgehead atoms. The molecule has 1 atom stereocenters. The van der Waals surface area contributed by atoms with Crippen molar-refractivity contribution in [2.24, 2.45) is 0 Å². The maximum atomic E-state index is 13.4. The van der Waals surface area contributed by atoms with Crippen LogP contribution < -0.4 is 19.1 Å². The maximum Gasteiger partial charge on any atom is 0.300 e. The molecule has 1 N–H and O–H groups in total. The molecule has 2 heterocycles. The largest absolute Gasteiger partial charge is 0.507 e. The molecule has 2 aliphatic rings. The van der Waals surface area contributed by atoms with Gasteiger partial charge in [0.2, 0.25) is 6.79 Å². The number of Topliss-reactive ketones (excluding diaryl/α,β-unsaturated/α-hetero) is 1. The van der Waals surface area contributed by atoms with Gasteiger partial charge in [0.05, 0.1) is 18.2 Å². The van der Waals surface area contributed by atoms with Crippen molar-refractivity contribution in [1.82, 2.24) is 0 Å². The molecular weight excluding hydrogens is 446 g/mol. The Morgan fingerprint density at radius 2 is 1.77 bits per heavy atom. The summed E-state index contributed by atoms with van der Waals surface area (Å²) in [6.07, 6.45) is 0.847. The molecule has 1 unspecified atom stereocenters. The Balaban J connectivity index is 1.68. The van der Waals surface area contributed by atoms with E-state index in [0.717, 1.165) is 12.0 Å². The molecule has 7 nitrogen and oxygen atoms in total. The van der Waals surface area contributed by atoms with E-state index >= 15 is 0 Å². The topological polar surface area (TPSA) is 85.3 Å². The van der Waals surface area contributed by atoms with Crippen LogP contribution >= 0.6 is 0 Å². The molecule has 0 spiro atoms. The van der Waals surface area contributed by atoms with Gasteiger partial charge in [-0.2, -0.15) is 0 Å². The van der Waals surface area contributed by atoms with Crippen LogP contribution in [0.1, 0.15) is 36.6 Å². The lowest BCUT2D eigenvalue weighted by molar-refractivity contribution is -0.132. The highest BCUT2D eigenvalue weighted by atomic mass is 16.7. The summed E-state index contributed by atoms with van der Waals surface area (Å²) < 4.78 is 16.6. The number of aliphatic hydroxyl groups is 1. The normalized spacial score (nSPS) is 18.2. The van der Waals surface area contributed by atoms with Crippen LogP contribution in [0.15, 0.2) is 72.3 Å². The first-order valence-electron chi connectivity index (χ1n) is 11.5. The third-order valence-electron chi connectivity index (χ3n) is 6.20. The first-order chi connectivity index (χ1) is 17.0. The minimum Gasteiger partial charge on any atom is -0.507 e. The fourth-order valence-electron chi connectivity index (χ4n) is 4.44. The predicted octanol–water partition coefficient (Wildman–Crippen LogP) is 5.00. The van der Waals surface area contributed by atoms with Gasteiger partial charge in [-0.05, 0) is 48.7 Å². The zero-order valence-corrected chi connectivity index (χ0v) is 19.5. The monoisotopic (exact) mass is 471 g/mol. The second-order valence-corrected chi connectivity index (χ2v) is 8.26. The number of carbonyl (C=O) groups excluding carboxylic acids is 2. The number of hydrogen-bond acceptors (Lipinski definition) is 6. The molecule has 2 aliphatic heterocycles. The molecule has 1 fully saturated rings. The standard InChI is InChI=1S/C28H25NO6/c1-3-17-8-10-18(11-9-17)26(30)24-25(19-6-5-7-21(14-19)33-4-2)29(28(32)27(24)31)20-12-13-22-23(15-20)35-16-34-22/h5-15,25,30H,3-4,16H2,1-2H3/b26-24+. The van der Waals surface area contributed by atoms with Crippen molar-refractivity contribution >= 4 is 23.1 Å². The highest BCUT2D eigenvalue weighted by Crippen LogP contribution is 2.45. The number of fused-ring (bicyclic) bond motifs is 1. The summed E-state index contributed by atoms with van der Waals surface area (Å²) >= 11 is 0. The van der Waals surface area contributed by atoms with Crippen LogP contribution in [0.2, 0.25) is 0 Å². The van der Waals surface area contributed by atoms with E-state index in [2.05, 4.69) is 0 Å². The van der Waals surface area contributed by atoms with Gasteiger partial charge in [0.1, 0.15) is 11.5 Å². The highest BCUT2D eigenvalue weighted by molar-refractivity contribution is 6.51. The van der Waals surface area contributed by atoms with E-state index in [4.69, 9.17) is 14.2 Å². The van der Waals surface area contributed by atoms with E-state index in [1.807, 2.05) is 38.1 Å². The van der Waals surface area contributed by atoms with E-state index < -0.39 is 17.7 Å². The lowest BCUT2D eigenvalue weighted by atomic mass is 9.94. The smallest absolute Gasteiger partial charge is 0.300 e. The second-order valence-electron chi connectivity index (χ2n) is 8.26. The van der Waals surface area contributed by atoms with Gasteiger partial charge in [-0.25, -0.2) is 0 Å². The number of aryl methyl sites for hydroxylation is 1. The Morgan fingerprint density at radius 1 is 1.00 bits per heavy atom. The van der Waals surface area contributed by atoms with Gasteiger partial charge in [0.25, 0.3) is 11.7 Å². The number of ether oxygens (including phenoxy) is 3. The highest BCUT2D eigenvalue weighted by Gasteiger charge is 2.47. The molecule has 3 aromatic rings. The van der Waals surface area contributed by atoms with Crippen LogP contribution in [0.5, 0.6) is 17.2 Å². The summed E-state index contributed by atoms with van der Waals surface area (Å²) in [5, 5.41) is 11.3. The summed E-state index contributed by atoms with van der Waals surface area (Å²) in [5.74, 6) is -0.0544. The van der Waals surface area contributed by atoms with Crippen molar-refractivity contribution in [1.29, 1.82) is 0 Å². The first-order valence-corrected chi connectivity index (χ1v) is 11.5. The number of anilines is 1. The summed E-state index contributed by atoms with van der Waals surface area (Å²) in [7, 11) is 0. The summed E-state index contributed by atoms with van der Waals surface area (Å²) in [4.78, 5) is 28.1. The van der Waals surface area contributed by atoms with Gasteiger partial charge in [-0.15, -0.1) is 0 Å². The predicted molar refractivity (Wildman–Crippen MR) is 131 cm³/mol. The fourth-order valence-corrected chi connectivity index (χ4v) is 4.44. The van der Waals surface area contributed by atoms with Crippen molar-refractivity contribution in [3.8, 4) is 17.2 Å². The Morgan fingerprint density at radius 3 is 2.51 bits per heavy atom. The maximum absolute atomic E-state index is 13.4. The van der Waals surface area contributed by atoms with E-state index in [-0.39, 0.29) is 18.1 Å². The number of nitrogens with zero attached hydrogens (tertiary/aromatic N) is 1. The van der Waals surface area contributed by atoms with Crippen LogP contribution in [0, 0.1) is 0 Å². The molecule has 178 valence electrons. The van der Waals surface area contributed by atoms with Gasteiger partial charge in [-0.1, -0.05) is 43.3 Å².